The van der Waals surface area contributed by atoms with E-state index in [1.165, 1.54) is 11.9 Å². The van der Waals surface area contributed by atoms with Gasteiger partial charge in [0.25, 0.3) is 0 Å². The lowest BCUT2D eigenvalue weighted by Gasteiger charge is -2.14. The molecule has 0 spiro atoms. The summed E-state index contributed by atoms with van der Waals surface area (Å²) in [5.74, 6) is 0. The molecule has 1 aromatic heterocycles. The van der Waals surface area contributed by atoms with Crippen molar-refractivity contribution in [2.45, 2.75) is 5.03 Å². The number of hydrogen-bond acceptors (Lipinski definition) is 3. The number of fused-ring (bicyclic) bond motifs is 1. The van der Waals surface area contributed by atoms with Gasteiger partial charge in [0, 0.05) is 18.1 Å². The van der Waals surface area contributed by atoms with Crippen LogP contribution in [0.4, 0.5) is 10.5 Å². The molecule has 4 nitrogen and oxygen atoms in total. The molecule has 1 aromatic rings. The third-order valence-electron chi connectivity index (χ3n) is 1.26. The molecule has 0 saturated heterocycles. The summed E-state index contributed by atoms with van der Waals surface area (Å²) in [7, 11) is 0. The summed E-state index contributed by atoms with van der Waals surface area (Å²) < 4.78 is 2.54. The molecule has 2 N–H and O–H groups in total. The topological polar surface area (TPSA) is 54.0 Å². The molecule has 2 amide bonds. The number of anilines is 1. The quantitative estimate of drug-likeness (QED) is 0.571. The molecule has 1 aliphatic heterocycles. The molecule has 0 aliphatic carbocycles. The van der Waals surface area contributed by atoms with Crippen molar-refractivity contribution in [3.05, 3.63) is 18.3 Å². The summed E-state index contributed by atoms with van der Waals surface area (Å²) in [6.45, 7) is 0. The fraction of sp³-hybridized carbons (Fsp3) is 0. The second kappa shape index (κ2) is 2.43. The van der Waals surface area contributed by atoms with Gasteiger partial charge in [-0.2, -0.15) is 0 Å². The van der Waals surface area contributed by atoms with Crippen molar-refractivity contribution in [2.75, 3.05) is 5.32 Å². The van der Waals surface area contributed by atoms with Gasteiger partial charge in [-0.05, 0) is 12.1 Å². The van der Waals surface area contributed by atoms with E-state index in [0.29, 0.717) is 0 Å². The molecular formula is C6H5N3OS. The largest absolute Gasteiger partial charge is 0.329 e. The van der Waals surface area contributed by atoms with Crippen LogP contribution in [0, 0.1) is 0 Å². The summed E-state index contributed by atoms with van der Waals surface area (Å²) in [6, 6.07) is 3.40. The van der Waals surface area contributed by atoms with Crippen LogP contribution >= 0.6 is 11.9 Å². The normalized spacial score (nSPS) is 14.7. The Hall–Kier alpha value is -1.23. The van der Waals surface area contributed by atoms with Crippen LogP contribution in [0.25, 0.3) is 0 Å². The monoisotopic (exact) mass is 167 g/mol. The second-order valence-corrected chi connectivity index (χ2v) is 2.81. The Morgan fingerprint density at radius 2 is 2.45 bits per heavy atom. The van der Waals surface area contributed by atoms with Gasteiger partial charge < -0.3 is 5.32 Å². The summed E-state index contributed by atoms with van der Waals surface area (Å²) in [6.07, 6.45) is 1.69. The maximum absolute atomic E-state index is 10.8. The number of pyridine rings is 1. The molecule has 11 heavy (non-hydrogen) atoms. The van der Waals surface area contributed by atoms with E-state index in [9.17, 15) is 4.79 Å². The first kappa shape index (κ1) is 6.48. The van der Waals surface area contributed by atoms with Crippen LogP contribution in [-0.2, 0) is 0 Å². The fourth-order valence-electron chi connectivity index (χ4n) is 0.810. The highest BCUT2D eigenvalue weighted by molar-refractivity contribution is 7.98. The lowest BCUT2D eigenvalue weighted by atomic mass is 10.4. The molecular weight excluding hydrogens is 162 g/mol. The molecule has 0 atom stereocenters. The standard InChI is InChI=1S/C6H5N3OS/c10-6-8-4-2-1-3-7-5(4)11-9-6/h1-3H,(H2,8,9,10). The zero-order valence-electron chi connectivity index (χ0n) is 5.50. The van der Waals surface area contributed by atoms with Crippen LogP contribution < -0.4 is 10.0 Å². The number of amides is 2. The molecule has 0 aromatic carbocycles. The predicted molar refractivity (Wildman–Crippen MR) is 42.2 cm³/mol. The van der Waals surface area contributed by atoms with Crippen molar-refractivity contribution in [3.63, 3.8) is 0 Å². The van der Waals surface area contributed by atoms with E-state index in [0.717, 1.165) is 10.7 Å². The third kappa shape index (κ3) is 1.14. The van der Waals surface area contributed by atoms with Crippen molar-refractivity contribution in [3.8, 4) is 0 Å². The molecule has 1 aliphatic rings. The molecule has 0 unspecified atom stereocenters. The lowest BCUT2D eigenvalue weighted by Crippen LogP contribution is -2.27. The van der Waals surface area contributed by atoms with Crippen LogP contribution in [0.1, 0.15) is 0 Å². The Balaban J connectivity index is 2.41. The number of aromatic nitrogens is 1. The molecule has 56 valence electrons. The van der Waals surface area contributed by atoms with Gasteiger partial charge in [-0.25, -0.2) is 9.78 Å². The summed E-state index contributed by atoms with van der Waals surface area (Å²) >= 11 is 1.22. The second-order valence-electron chi connectivity index (χ2n) is 2.01. The van der Waals surface area contributed by atoms with Crippen molar-refractivity contribution in [1.82, 2.24) is 9.71 Å². The highest BCUT2D eigenvalue weighted by atomic mass is 32.2. The minimum Gasteiger partial charge on any atom is -0.305 e. The Bertz CT molecular complexity index is 302. The number of carbonyl (C=O) groups is 1. The molecule has 0 fully saturated rings. The van der Waals surface area contributed by atoms with E-state index in [1.807, 2.05) is 6.07 Å². The van der Waals surface area contributed by atoms with Gasteiger partial charge in [-0.15, -0.1) is 0 Å². The minimum atomic E-state index is -0.199. The molecule has 0 radical (unpaired) electrons. The highest BCUT2D eigenvalue weighted by Gasteiger charge is 2.13. The van der Waals surface area contributed by atoms with Gasteiger partial charge in [0.2, 0.25) is 0 Å². The number of urea groups is 1. The number of nitrogens with one attached hydrogen (secondary N) is 2. The fourth-order valence-corrected chi connectivity index (χ4v) is 1.39. The lowest BCUT2D eigenvalue weighted by molar-refractivity contribution is 0.257. The maximum atomic E-state index is 10.8. The van der Waals surface area contributed by atoms with E-state index in [2.05, 4.69) is 15.0 Å². The zero-order valence-corrected chi connectivity index (χ0v) is 6.31. The molecule has 0 bridgehead atoms. The molecule has 2 heterocycles. The van der Waals surface area contributed by atoms with Crippen molar-refractivity contribution in [2.24, 2.45) is 0 Å². The first-order chi connectivity index (χ1) is 5.36. The van der Waals surface area contributed by atoms with Crippen molar-refractivity contribution < 1.29 is 4.79 Å². The first-order valence-corrected chi connectivity index (χ1v) is 3.87. The van der Waals surface area contributed by atoms with Crippen LogP contribution in [0.5, 0.6) is 0 Å². The van der Waals surface area contributed by atoms with E-state index in [1.54, 1.807) is 12.3 Å². The average Bonchev–Trinajstić information content (AvgIpc) is 2.04. The van der Waals surface area contributed by atoms with Gasteiger partial charge in [0.15, 0.2) is 0 Å². The van der Waals surface area contributed by atoms with Crippen molar-refractivity contribution >= 4 is 23.7 Å². The molecule has 0 saturated carbocycles. The Morgan fingerprint density at radius 1 is 1.55 bits per heavy atom. The smallest absolute Gasteiger partial charge is 0.305 e. The Labute approximate surface area is 67.5 Å². The summed E-state index contributed by atoms with van der Waals surface area (Å²) in [5.41, 5.74) is 0.765. The zero-order chi connectivity index (χ0) is 7.68. The van der Waals surface area contributed by atoms with E-state index in [-0.39, 0.29) is 6.03 Å². The van der Waals surface area contributed by atoms with Crippen molar-refractivity contribution in [1.29, 1.82) is 0 Å². The van der Waals surface area contributed by atoms with Gasteiger partial charge in [-0.3, -0.25) is 4.72 Å². The summed E-state index contributed by atoms with van der Waals surface area (Å²) in [5, 5.41) is 3.42. The molecule has 2 rings (SSSR count). The van der Waals surface area contributed by atoms with Gasteiger partial charge in [0.05, 0.1) is 5.69 Å². The number of hydrogen-bond donors (Lipinski definition) is 2. The number of carbonyl (C=O) groups excluding carboxylic acids is 1. The highest BCUT2D eigenvalue weighted by Crippen LogP contribution is 2.24. The van der Waals surface area contributed by atoms with E-state index < -0.39 is 0 Å². The predicted octanol–water partition coefficient (Wildman–Crippen LogP) is 1.22. The van der Waals surface area contributed by atoms with Crippen LogP contribution in [0.15, 0.2) is 23.4 Å². The number of nitrogens with zero attached hydrogens (tertiary/aromatic N) is 1. The van der Waals surface area contributed by atoms with Gasteiger partial charge in [-0.1, -0.05) is 0 Å². The van der Waals surface area contributed by atoms with E-state index in [4.69, 9.17) is 0 Å². The van der Waals surface area contributed by atoms with Gasteiger partial charge >= 0.3 is 6.03 Å². The maximum Gasteiger partial charge on any atom is 0.329 e. The summed E-state index contributed by atoms with van der Waals surface area (Å²) in [4.78, 5) is 14.8. The Kier molecular flexibility index (Phi) is 1.43. The van der Waals surface area contributed by atoms with Crippen LogP contribution in [0.3, 0.4) is 0 Å². The first-order valence-electron chi connectivity index (χ1n) is 3.05. The molecule has 5 heteroatoms. The Morgan fingerprint density at radius 3 is 3.36 bits per heavy atom. The van der Waals surface area contributed by atoms with Crippen LogP contribution in [-0.4, -0.2) is 11.0 Å². The SMILES string of the molecule is O=C1NSc2ncccc2N1. The van der Waals surface area contributed by atoms with E-state index >= 15 is 0 Å². The minimum absolute atomic E-state index is 0.199. The van der Waals surface area contributed by atoms with Crippen LogP contribution in [0.2, 0.25) is 0 Å². The third-order valence-corrected chi connectivity index (χ3v) is 2.07. The number of rotatable bonds is 0. The average molecular weight is 167 g/mol. The van der Waals surface area contributed by atoms with Gasteiger partial charge in [0.1, 0.15) is 5.03 Å².